The summed E-state index contributed by atoms with van der Waals surface area (Å²) in [6.45, 7) is 1.07. The van der Waals surface area contributed by atoms with E-state index in [9.17, 15) is 31.1 Å². The molecule has 0 saturated carbocycles. The molecule has 0 aliphatic carbocycles. The predicted molar refractivity (Wildman–Crippen MR) is 109 cm³/mol. The fourth-order valence-corrected chi connectivity index (χ4v) is 4.22. The van der Waals surface area contributed by atoms with E-state index in [-0.39, 0.29) is 28.2 Å². The number of hydrogen-bond donors (Lipinski definition) is 1. The number of nitrogens with zero attached hydrogens (tertiary/aromatic N) is 1. The number of benzene rings is 2. The van der Waals surface area contributed by atoms with Crippen LogP contribution in [0.2, 0.25) is 0 Å². The number of carboxylic acids is 1. The monoisotopic (exact) mass is 489 g/mol. The van der Waals surface area contributed by atoms with Crippen molar-refractivity contribution in [2.75, 3.05) is 0 Å². The number of hydrogen-bond acceptors (Lipinski definition) is 4. The minimum Gasteiger partial charge on any atom is -0.489 e. The van der Waals surface area contributed by atoms with Crippen molar-refractivity contribution in [3.05, 3.63) is 70.4 Å². The first kappa shape index (κ1) is 24.6. The van der Waals surface area contributed by atoms with Gasteiger partial charge < -0.3 is 9.84 Å². The minimum absolute atomic E-state index is 0.217. The third kappa shape index (κ3) is 5.84. The summed E-state index contributed by atoms with van der Waals surface area (Å²) >= 11 is 0.639. The molecule has 0 unspecified atom stereocenters. The topological polar surface area (TPSA) is 59.4 Å². The first-order valence-electron chi connectivity index (χ1n) is 9.54. The number of aromatic nitrogens is 1. The Bertz CT molecular complexity index is 1150. The van der Waals surface area contributed by atoms with Gasteiger partial charge in [-0.1, -0.05) is 30.3 Å². The van der Waals surface area contributed by atoms with Gasteiger partial charge in [0.05, 0.1) is 10.4 Å². The summed E-state index contributed by atoms with van der Waals surface area (Å²) in [5.41, 5.74) is -1.54. The standard InChI is InChI=1S/C22H17F6NO3S/c1-12-4-2-3-5-15(12)19-16(20(29-33-19)22(26,27)28)11-32-14-8-6-13(7-9-18(30)31)17(10-14)21(23,24)25/h2-6,8,10H,7,9,11H2,1H3,(H,30,31). The summed E-state index contributed by atoms with van der Waals surface area (Å²) < 4.78 is 89.8. The molecule has 4 nitrogen and oxygen atoms in total. The quantitative estimate of drug-likeness (QED) is 0.373. The number of aliphatic carboxylic acids is 1. The maximum atomic E-state index is 13.5. The van der Waals surface area contributed by atoms with Crippen LogP contribution in [0.3, 0.4) is 0 Å². The van der Waals surface area contributed by atoms with Crippen LogP contribution >= 0.6 is 11.5 Å². The first-order valence-corrected chi connectivity index (χ1v) is 10.3. The van der Waals surface area contributed by atoms with E-state index in [2.05, 4.69) is 4.37 Å². The molecule has 0 amide bonds. The highest BCUT2D eigenvalue weighted by atomic mass is 32.1. The average Bonchev–Trinajstić information content (AvgIpc) is 3.14. The molecule has 33 heavy (non-hydrogen) atoms. The number of carboxylic acid groups (broad SMARTS) is 1. The highest BCUT2D eigenvalue weighted by molar-refractivity contribution is 7.09. The highest BCUT2D eigenvalue weighted by Gasteiger charge is 2.39. The molecule has 0 atom stereocenters. The maximum Gasteiger partial charge on any atom is 0.434 e. The number of alkyl halides is 6. The van der Waals surface area contributed by atoms with Crippen LogP contribution in [0.1, 0.15) is 34.4 Å². The van der Waals surface area contributed by atoms with Crippen LogP contribution in [0.15, 0.2) is 42.5 Å². The Morgan fingerprint density at radius 2 is 1.76 bits per heavy atom. The van der Waals surface area contributed by atoms with Gasteiger partial charge in [0.2, 0.25) is 0 Å². The van der Waals surface area contributed by atoms with Crippen molar-refractivity contribution >= 4 is 17.5 Å². The zero-order valence-corrected chi connectivity index (χ0v) is 17.9. The second kappa shape index (κ2) is 9.42. The normalized spacial score (nSPS) is 12.1. The Hall–Kier alpha value is -3.08. The lowest BCUT2D eigenvalue weighted by atomic mass is 10.0. The summed E-state index contributed by atoms with van der Waals surface area (Å²) in [4.78, 5) is 10.9. The number of aryl methyl sites for hydroxylation is 2. The van der Waals surface area contributed by atoms with Crippen LogP contribution in [-0.2, 0) is 30.2 Å². The van der Waals surface area contributed by atoms with E-state index in [1.807, 2.05) is 0 Å². The molecule has 0 bridgehead atoms. The number of halogens is 6. The number of rotatable bonds is 7. The van der Waals surface area contributed by atoms with Crippen molar-refractivity contribution in [3.63, 3.8) is 0 Å². The third-order valence-corrected chi connectivity index (χ3v) is 5.75. The van der Waals surface area contributed by atoms with E-state index in [0.29, 0.717) is 28.7 Å². The van der Waals surface area contributed by atoms with Gasteiger partial charge in [-0.25, -0.2) is 0 Å². The molecular formula is C22H17F6NO3S. The Morgan fingerprint density at radius 3 is 2.36 bits per heavy atom. The molecule has 1 N–H and O–H groups in total. The summed E-state index contributed by atoms with van der Waals surface area (Å²) in [7, 11) is 0. The average molecular weight is 489 g/mol. The lowest BCUT2D eigenvalue weighted by molar-refractivity contribution is -0.141. The SMILES string of the molecule is Cc1ccccc1-c1snc(C(F)(F)F)c1COc1ccc(CCC(=O)O)c(C(F)(F)F)c1. The maximum absolute atomic E-state index is 13.5. The predicted octanol–water partition coefficient (Wildman–Crippen LogP) is 6.75. The van der Waals surface area contributed by atoms with Crippen LogP contribution in [0.5, 0.6) is 5.75 Å². The van der Waals surface area contributed by atoms with E-state index in [1.165, 1.54) is 6.07 Å². The van der Waals surface area contributed by atoms with E-state index in [4.69, 9.17) is 9.84 Å². The molecule has 2 aromatic carbocycles. The van der Waals surface area contributed by atoms with Gasteiger partial charge in [0.15, 0.2) is 5.69 Å². The second-order valence-electron chi connectivity index (χ2n) is 7.15. The number of ether oxygens (including phenoxy) is 1. The lowest BCUT2D eigenvalue weighted by Gasteiger charge is -2.16. The molecule has 0 spiro atoms. The zero-order valence-electron chi connectivity index (χ0n) is 17.0. The van der Waals surface area contributed by atoms with Gasteiger partial charge in [0.25, 0.3) is 0 Å². The van der Waals surface area contributed by atoms with Gasteiger partial charge in [0, 0.05) is 12.0 Å². The highest BCUT2D eigenvalue weighted by Crippen LogP contribution is 2.41. The molecule has 3 rings (SSSR count). The molecule has 0 aliphatic rings. The van der Waals surface area contributed by atoms with Gasteiger partial charge in [-0.15, -0.1) is 0 Å². The molecular weight excluding hydrogens is 472 g/mol. The van der Waals surface area contributed by atoms with Gasteiger partial charge in [-0.05, 0) is 53.7 Å². The summed E-state index contributed by atoms with van der Waals surface area (Å²) in [6.07, 6.45) is -10.4. The van der Waals surface area contributed by atoms with Crippen LogP contribution in [-0.4, -0.2) is 15.4 Å². The van der Waals surface area contributed by atoms with Gasteiger partial charge in [-0.2, -0.15) is 30.7 Å². The molecule has 0 fully saturated rings. The van der Waals surface area contributed by atoms with E-state index in [0.717, 1.165) is 6.07 Å². The molecule has 1 heterocycles. The Balaban J connectivity index is 1.96. The summed E-state index contributed by atoms with van der Waals surface area (Å²) in [6, 6.07) is 9.64. The summed E-state index contributed by atoms with van der Waals surface area (Å²) in [5, 5.41) is 8.74. The van der Waals surface area contributed by atoms with Crippen molar-refractivity contribution in [3.8, 4) is 16.2 Å². The molecule has 0 aliphatic heterocycles. The molecule has 0 radical (unpaired) electrons. The van der Waals surface area contributed by atoms with Crippen molar-refractivity contribution in [1.82, 2.24) is 4.37 Å². The van der Waals surface area contributed by atoms with Crippen LogP contribution in [0, 0.1) is 6.92 Å². The molecule has 1 aromatic heterocycles. The molecule has 176 valence electrons. The first-order chi connectivity index (χ1) is 15.4. The van der Waals surface area contributed by atoms with Gasteiger partial charge in [-0.3, -0.25) is 4.79 Å². The molecule has 0 saturated heterocycles. The van der Waals surface area contributed by atoms with Gasteiger partial charge in [0.1, 0.15) is 12.4 Å². The Labute approximate surface area is 188 Å². The van der Waals surface area contributed by atoms with E-state index in [1.54, 1.807) is 31.2 Å². The fourth-order valence-electron chi connectivity index (χ4n) is 3.23. The zero-order chi connectivity index (χ0) is 24.4. The van der Waals surface area contributed by atoms with Crippen molar-refractivity contribution in [1.29, 1.82) is 0 Å². The van der Waals surface area contributed by atoms with Crippen molar-refractivity contribution in [2.24, 2.45) is 0 Å². The van der Waals surface area contributed by atoms with Crippen molar-refractivity contribution < 1.29 is 41.0 Å². The third-order valence-electron chi connectivity index (χ3n) is 4.82. The Morgan fingerprint density at radius 1 is 1.06 bits per heavy atom. The summed E-state index contributed by atoms with van der Waals surface area (Å²) in [5.74, 6) is -1.55. The van der Waals surface area contributed by atoms with Crippen LogP contribution in [0.4, 0.5) is 26.3 Å². The van der Waals surface area contributed by atoms with Gasteiger partial charge >= 0.3 is 18.3 Å². The minimum atomic E-state index is -4.79. The largest absolute Gasteiger partial charge is 0.489 e. The van der Waals surface area contributed by atoms with Crippen LogP contribution < -0.4 is 4.74 Å². The second-order valence-corrected chi connectivity index (χ2v) is 7.92. The lowest BCUT2D eigenvalue weighted by Crippen LogP contribution is -2.12. The van der Waals surface area contributed by atoms with Crippen LogP contribution in [0.25, 0.3) is 10.4 Å². The molecule has 3 aromatic rings. The molecule has 11 heteroatoms. The van der Waals surface area contributed by atoms with E-state index < -0.39 is 42.6 Å². The fraction of sp³-hybridized carbons (Fsp3) is 0.273. The van der Waals surface area contributed by atoms with E-state index >= 15 is 0 Å². The Kier molecular flexibility index (Phi) is 7.01. The number of carbonyl (C=O) groups is 1. The smallest absolute Gasteiger partial charge is 0.434 e. The van der Waals surface area contributed by atoms with Crippen molar-refractivity contribution in [2.45, 2.75) is 38.7 Å².